The van der Waals surface area contributed by atoms with Crippen molar-refractivity contribution in [3.63, 3.8) is 0 Å². The summed E-state index contributed by atoms with van der Waals surface area (Å²) in [6.45, 7) is 0. The number of hydrogen-bond donors (Lipinski definition) is 1. The molecular weight excluding hydrogens is 256 g/mol. The van der Waals surface area contributed by atoms with E-state index in [4.69, 9.17) is 5.73 Å². The molecule has 17 heavy (non-hydrogen) atoms. The zero-order valence-electron chi connectivity index (χ0n) is 9.04. The zero-order chi connectivity index (χ0) is 12.3. The van der Waals surface area contributed by atoms with Gasteiger partial charge in [0.25, 0.3) is 0 Å². The number of ether oxygens (including phenoxy) is 1. The fraction of sp³-hybridized carbons (Fsp3) is 0.0909. The fourth-order valence-corrected chi connectivity index (χ4v) is 2.95. The molecule has 1 heterocycles. The monoisotopic (exact) mass is 266 g/mol. The van der Waals surface area contributed by atoms with Gasteiger partial charge in [-0.3, -0.25) is 0 Å². The van der Waals surface area contributed by atoms with Crippen molar-refractivity contribution in [1.29, 1.82) is 0 Å². The second-order valence-electron chi connectivity index (χ2n) is 3.14. The standard InChI is InChI=1S/C11H10N2O2S2/c1-15-10(14)7-2-4-8(5-3-7)16-9-6-13-11(12)17-9/h2-6H,1H3,(H2,12,13). The number of esters is 1. The Kier molecular flexibility index (Phi) is 3.65. The molecule has 2 aromatic rings. The van der Waals surface area contributed by atoms with Gasteiger partial charge in [-0.15, -0.1) is 0 Å². The average Bonchev–Trinajstić information content (AvgIpc) is 2.75. The van der Waals surface area contributed by atoms with Crippen molar-refractivity contribution in [3.05, 3.63) is 36.0 Å². The van der Waals surface area contributed by atoms with Crippen molar-refractivity contribution in [2.45, 2.75) is 9.10 Å². The summed E-state index contributed by atoms with van der Waals surface area (Å²) in [6, 6.07) is 7.21. The van der Waals surface area contributed by atoms with E-state index in [1.807, 2.05) is 12.1 Å². The Morgan fingerprint density at radius 3 is 2.65 bits per heavy atom. The van der Waals surface area contributed by atoms with Gasteiger partial charge in [-0.1, -0.05) is 23.1 Å². The Hall–Kier alpha value is -1.53. The summed E-state index contributed by atoms with van der Waals surface area (Å²) < 4.78 is 5.65. The lowest BCUT2D eigenvalue weighted by molar-refractivity contribution is 0.0600. The topological polar surface area (TPSA) is 65.2 Å². The van der Waals surface area contributed by atoms with Gasteiger partial charge in [0, 0.05) is 4.90 Å². The Balaban J connectivity index is 2.10. The molecule has 0 amide bonds. The summed E-state index contributed by atoms with van der Waals surface area (Å²) in [5.41, 5.74) is 6.09. The molecule has 0 saturated heterocycles. The van der Waals surface area contributed by atoms with Crippen molar-refractivity contribution in [3.8, 4) is 0 Å². The van der Waals surface area contributed by atoms with Crippen molar-refractivity contribution in [2.75, 3.05) is 12.8 Å². The van der Waals surface area contributed by atoms with Crippen LogP contribution in [0.25, 0.3) is 0 Å². The molecule has 0 spiro atoms. The lowest BCUT2D eigenvalue weighted by Gasteiger charge is -2.00. The molecule has 0 fully saturated rings. The summed E-state index contributed by atoms with van der Waals surface area (Å²) in [5, 5.41) is 0.554. The van der Waals surface area contributed by atoms with Crippen molar-refractivity contribution in [1.82, 2.24) is 4.98 Å². The van der Waals surface area contributed by atoms with Gasteiger partial charge < -0.3 is 10.5 Å². The van der Waals surface area contributed by atoms with Crippen LogP contribution in [-0.2, 0) is 4.74 Å². The second kappa shape index (κ2) is 5.20. The molecule has 0 aliphatic carbocycles. The Morgan fingerprint density at radius 2 is 2.12 bits per heavy atom. The molecule has 0 aliphatic heterocycles. The molecule has 0 radical (unpaired) electrons. The van der Waals surface area contributed by atoms with Crippen LogP contribution < -0.4 is 5.73 Å². The van der Waals surface area contributed by atoms with Crippen LogP contribution in [0.3, 0.4) is 0 Å². The van der Waals surface area contributed by atoms with Gasteiger partial charge in [-0.05, 0) is 24.3 Å². The molecule has 1 aromatic carbocycles. The smallest absolute Gasteiger partial charge is 0.337 e. The number of thiazole rings is 1. The van der Waals surface area contributed by atoms with Crippen molar-refractivity contribution >= 4 is 34.2 Å². The molecule has 88 valence electrons. The predicted molar refractivity (Wildman–Crippen MR) is 68.4 cm³/mol. The quantitative estimate of drug-likeness (QED) is 0.865. The number of anilines is 1. The lowest BCUT2D eigenvalue weighted by atomic mass is 10.2. The highest BCUT2D eigenvalue weighted by Gasteiger charge is 2.06. The molecule has 2 N–H and O–H groups in total. The molecule has 0 saturated carbocycles. The molecule has 0 bridgehead atoms. The van der Waals surface area contributed by atoms with E-state index in [-0.39, 0.29) is 5.97 Å². The molecule has 4 nitrogen and oxygen atoms in total. The average molecular weight is 266 g/mol. The van der Waals surface area contributed by atoms with Crippen LogP contribution in [0, 0.1) is 0 Å². The first-order valence-electron chi connectivity index (χ1n) is 4.76. The maximum absolute atomic E-state index is 11.2. The molecule has 0 aliphatic rings. The molecule has 0 atom stereocenters. The number of benzene rings is 1. The van der Waals surface area contributed by atoms with E-state index in [0.717, 1.165) is 9.10 Å². The Bertz CT molecular complexity index is 523. The van der Waals surface area contributed by atoms with Gasteiger partial charge in [-0.25, -0.2) is 9.78 Å². The lowest BCUT2D eigenvalue weighted by Crippen LogP contribution is -2.00. The largest absolute Gasteiger partial charge is 0.465 e. The third-order valence-electron chi connectivity index (χ3n) is 2.00. The van der Waals surface area contributed by atoms with Crippen molar-refractivity contribution < 1.29 is 9.53 Å². The Morgan fingerprint density at radius 1 is 1.41 bits per heavy atom. The molecule has 1 aromatic heterocycles. The Labute approximate surface area is 107 Å². The van der Waals surface area contributed by atoms with E-state index >= 15 is 0 Å². The van der Waals surface area contributed by atoms with Crippen LogP contribution in [0.15, 0.2) is 39.6 Å². The van der Waals surface area contributed by atoms with E-state index in [1.54, 1.807) is 30.1 Å². The first-order chi connectivity index (χ1) is 8.19. The minimum absolute atomic E-state index is 0.330. The normalized spacial score (nSPS) is 10.2. The number of carbonyl (C=O) groups excluding carboxylic acids is 1. The first kappa shape index (κ1) is 11.9. The third-order valence-corrected chi connectivity index (χ3v) is 3.93. The van der Waals surface area contributed by atoms with Crippen LogP contribution in [0.5, 0.6) is 0 Å². The molecule has 0 unspecified atom stereocenters. The molecule has 6 heteroatoms. The summed E-state index contributed by atoms with van der Waals surface area (Å²) in [6.07, 6.45) is 1.74. The number of aromatic nitrogens is 1. The highest BCUT2D eigenvalue weighted by atomic mass is 32.2. The maximum atomic E-state index is 11.2. The van der Waals surface area contributed by atoms with Crippen LogP contribution in [0.1, 0.15) is 10.4 Å². The van der Waals surface area contributed by atoms with Gasteiger partial charge in [0.2, 0.25) is 0 Å². The first-order valence-corrected chi connectivity index (χ1v) is 6.40. The van der Waals surface area contributed by atoms with Gasteiger partial charge >= 0.3 is 5.97 Å². The van der Waals surface area contributed by atoms with E-state index in [0.29, 0.717) is 10.7 Å². The van der Waals surface area contributed by atoms with E-state index in [9.17, 15) is 4.79 Å². The van der Waals surface area contributed by atoms with Gasteiger partial charge in [-0.2, -0.15) is 0 Å². The molecular formula is C11H10N2O2S2. The van der Waals surface area contributed by atoms with Crippen LogP contribution >= 0.6 is 23.1 Å². The van der Waals surface area contributed by atoms with Crippen LogP contribution in [0.2, 0.25) is 0 Å². The maximum Gasteiger partial charge on any atom is 0.337 e. The molecule has 2 rings (SSSR count). The van der Waals surface area contributed by atoms with Gasteiger partial charge in [0.1, 0.15) is 0 Å². The number of nitrogens with two attached hydrogens (primary N) is 1. The summed E-state index contributed by atoms with van der Waals surface area (Å²) >= 11 is 3.00. The van der Waals surface area contributed by atoms with Gasteiger partial charge in [0.15, 0.2) is 5.13 Å². The predicted octanol–water partition coefficient (Wildman–Crippen LogP) is 2.66. The minimum atomic E-state index is -0.330. The third kappa shape index (κ3) is 2.98. The minimum Gasteiger partial charge on any atom is -0.465 e. The summed E-state index contributed by atoms with van der Waals surface area (Å²) in [4.78, 5) is 16.2. The zero-order valence-corrected chi connectivity index (χ0v) is 10.7. The number of hydrogen-bond acceptors (Lipinski definition) is 6. The number of carbonyl (C=O) groups is 1. The summed E-state index contributed by atoms with van der Waals surface area (Å²) in [7, 11) is 1.37. The van der Waals surface area contributed by atoms with Crippen LogP contribution in [0.4, 0.5) is 5.13 Å². The number of nitrogens with zero attached hydrogens (tertiary/aromatic N) is 1. The van der Waals surface area contributed by atoms with Gasteiger partial charge in [0.05, 0.1) is 23.1 Å². The van der Waals surface area contributed by atoms with Crippen LogP contribution in [-0.4, -0.2) is 18.1 Å². The number of nitrogen functional groups attached to an aromatic ring is 1. The van der Waals surface area contributed by atoms with E-state index in [1.165, 1.54) is 18.4 Å². The number of rotatable bonds is 3. The van der Waals surface area contributed by atoms with E-state index < -0.39 is 0 Å². The SMILES string of the molecule is COC(=O)c1ccc(Sc2cnc(N)s2)cc1. The van der Waals surface area contributed by atoms with E-state index in [2.05, 4.69) is 9.72 Å². The van der Waals surface area contributed by atoms with Crippen molar-refractivity contribution in [2.24, 2.45) is 0 Å². The fourth-order valence-electron chi connectivity index (χ4n) is 1.21. The summed E-state index contributed by atoms with van der Waals surface area (Å²) in [5.74, 6) is -0.330. The number of methoxy groups -OCH3 is 1. The highest BCUT2D eigenvalue weighted by molar-refractivity contribution is 8.01. The second-order valence-corrected chi connectivity index (χ2v) is 5.57. The highest BCUT2D eigenvalue weighted by Crippen LogP contribution is 2.32.